The molecular formula is C12H22N4O2. The molecule has 1 heterocycles. The molecule has 0 aliphatic heterocycles. The highest BCUT2D eigenvalue weighted by molar-refractivity contribution is 5.69. The van der Waals surface area contributed by atoms with Crippen LogP contribution in [0, 0.1) is 0 Å². The number of nitrogens with one attached hydrogen (secondary N) is 1. The lowest BCUT2D eigenvalue weighted by Crippen LogP contribution is -2.16. The third kappa shape index (κ3) is 6.34. The highest BCUT2D eigenvalue weighted by atomic mass is 16.5. The zero-order valence-corrected chi connectivity index (χ0v) is 11.2. The van der Waals surface area contributed by atoms with Gasteiger partial charge in [0.1, 0.15) is 6.33 Å². The quantitative estimate of drug-likeness (QED) is 0.526. The van der Waals surface area contributed by atoms with Gasteiger partial charge in [0.15, 0.2) is 5.82 Å². The summed E-state index contributed by atoms with van der Waals surface area (Å²) in [7, 11) is 1.85. The largest absolute Gasteiger partial charge is 0.466 e. The SMILES string of the molecule is CCOC(=O)CCCCCNCc1ncn(C)n1. The van der Waals surface area contributed by atoms with Crippen LogP contribution in [-0.4, -0.2) is 33.9 Å². The van der Waals surface area contributed by atoms with Crippen molar-refractivity contribution >= 4 is 5.97 Å². The fourth-order valence-electron chi connectivity index (χ4n) is 1.59. The molecule has 0 aliphatic rings. The summed E-state index contributed by atoms with van der Waals surface area (Å²) < 4.78 is 6.55. The fourth-order valence-corrected chi connectivity index (χ4v) is 1.59. The van der Waals surface area contributed by atoms with Gasteiger partial charge in [0, 0.05) is 13.5 Å². The van der Waals surface area contributed by atoms with E-state index in [0.717, 1.165) is 31.6 Å². The molecule has 1 rings (SSSR count). The van der Waals surface area contributed by atoms with Crippen LogP contribution in [0.3, 0.4) is 0 Å². The van der Waals surface area contributed by atoms with E-state index in [0.29, 0.717) is 19.6 Å². The number of carbonyl (C=O) groups excluding carboxylic acids is 1. The molecule has 6 nitrogen and oxygen atoms in total. The molecule has 0 amide bonds. The summed E-state index contributed by atoms with van der Waals surface area (Å²) in [5, 5.41) is 7.44. The van der Waals surface area contributed by atoms with Gasteiger partial charge in [-0.1, -0.05) is 6.42 Å². The Balaban J connectivity index is 1.91. The van der Waals surface area contributed by atoms with Crippen molar-refractivity contribution in [3.8, 4) is 0 Å². The Kier molecular flexibility index (Phi) is 7.01. The van der Waals surface area contributed by atoms with E-state index in [1.54, 1.807) is 11.0 Å². The van der Waals surface area contributed by atoms with Crippen LogP contribution in [0.2, 0.25) is 0 Å². The maximum Gasteiger partial charge on any atom is 0.305 e. The maximum absolute atomic E-state index is 11.1. The number of esters is 1. The second-order valence-electron chi connectivity index (χ2n) is 4.13. The van der Waals surface area contributed by atoms with Crippen molar-refractivity contribution in [2.75, 3.05) is 13.2 Å². The van der Waals surface area contributed by atoms with Crippen molar-refractivity contribution in [2.24, 2.45) is 7.05 Å². The Morgan fingerprint density at radius 2 is 2.28 bits per heavy atom. The van der Waals surface area contributed by atoms with Crippen LogP contribution in [0.5, 0.6) is 0 Å². The van der Waals surface area contributed by atoms with Gasteiger partial charge in [-0.2, -0.15) is 5.10 Å². The fraction of sp³-hybridized carbons (Fsp3) is 0.750. The molecule has 1 aromatic heterocycles. The molecule has 0 fully saturated rings. The number of carbonyl (C=O) groups is 1. The molecule has 102 valence electrons. The lowest BCUT2D eigenvalue weighted by molar-refractivity contribution is -0.143. The van der Waals surface area contributed by atoms with Crippen LogP contribution in [0.4, 0.5) is 0 Å². The first-order chi connectivity index (χ1) is 8.72. The van der Waals surface area contributed by atoms with E-state index in [9.17, 15) is 4.79 Å². The van der Waals surface area contributed by atoms with Crippen LogP contribution in [-0.2, 0) is 23.1 Å². The predicted octanol–water partition coefficient (Wildman–Crippen LogP) is 1.03. The van der Waals surface area contributed by atoms with Crippen molar-refractivity contribution in [1.82, 2.24) is 20.1 Å². The Morgan fingerprint density at radius 1 is 1.44 bits per heavy atom. The van der Waals surface area contributed by atoms with Gasteiger partial charge in [0.05, 0.1) is 13.2 Å². The molecule has 0 spiro atoms. The number of aromatic nitrogens is 3. The van der Waals surface area contributed by atoms with Crippen molar-refractivity contribution in [3.63, 3.8) is 0 Å². The molecular weight excluding hydrogens is 232 g/mol. The van der Waals surface area contributed by atoms with E-state index in [1.807, 2.05) is 14.0 Å². The van der Waals surface area contributed by atoms with Crippen molar-refractivity contribution in [3.05, 3.63) is 12.2 Å². The number of unbranched alkanes of at least 4 members (excludes halogenated alkanes) is 2. The van der Waals surface area contributed by atoms with E-state index < -0.39 is 0 Å². The standard InChI is InChI=1S/C12H22N4O2/c1-3-18-12(17)7-5-4-6-8-13-9-11-14-10-16(2)15-11/h10,13H,3-9H2,1-2H3. The molecule has 0 saturated carbocycles. The molecule has 6 heteroatoms. The normalized spacial score (nSPS) is 10.6. The van der Waals surface area contributed by atoms with E-state index in [-0.39, 0.29) is 5.97 Å². The number of ether oxygens (including phenoxy) is 1. The number of hydrogen-bond donors (Lipinski definition) is 1. The van der Waals surface area contributed by atoms with Gasteiger partial charge in [-0.3, -0.25) is 9.48 Å². The van der Waals surface area contributed by atoms with Crippen LogP contribution >= 0.6 is 0 Å². The summed E-state index contributed by atoms with van der Waals surface area (Å²) in [4.78, 5) is 15.2. The van der Waals surface area contributed by atoms with Gasteiger partial charge in [-0.25, -0.2) is 4.98 Å². The first-order valence-corrected chi connectivity index (χ1v) is 6.43. The minimum Gasteiger partial charge on any atom is -0.466 e. The van der Waals surface area contributed by atoms with Gasteiger partial charge < -0.3 is 10.1 Å². The average Bonchev–Trinajstić information content (AvgIpc) is 2.74. The molecule has 1 aromatic rings. The first-order valence-electron chi connectivity index (χ1n) is 6.43. The zero-order chi connectivity index (χ0) is 13.2. The summed E-state index contributed by atoms with van der Waals surface area (Å²) in [6, 6.07) is 0. The average molecular weight is 254 g/mol. The first kappa shape index (κ1) is 14.6. The van der Waals surface area contributed by atoms with Gasteiger partial charge in [0.25, 0.3) is 0 Å². The minimum absolute atomic E-state index is 0.0943. The topological polar surface area (TPSA) is 69.0 Å². The smallest absolute Gasteiger partial charge is 0.305 e. The lowest BCUT2D eigenvalue weighted by Gasteiger charge is -2.03. The predicted molar refractivity (Wildman–Crippen MR) is 67.8 cm³/mol. The molecule has 0 unspecified atom stereocenters. The molecule has 0 aliphatic carbocycles. The van der Waals surface area contributed by atoms with Gasteiger partial charge in [-0.05, 0) is 26.3 Å². The third-order valence-electron chi connectivity index (χ3n) is 2.47. The Bertz CT molecular complexity index is 352. The van der Waals surface area contributed by atoms with Crippen molar-refractivity contribution in [2.45, 2.75) is 39.2 Å². The highest BCUT2D eigenvalue weighted by Gasteiger charge is 2.01. The molecule has 0 atom stereocenters. The van der Waals surface area contributed by atoms with E-state index in [2.05, 4.69) is 15.4 Å². The number of aryl methyl sites for hydroxylation is 1. The molecule has 0 bridgehead atoms. The maximum atomic E-state index is 11.1. The van der Waals surface area contributed by atoms with E-state index in [1.165, 1.54) is 0 Å². The zero-order valence-electron chi connectivity index (χ0n) is 11.2. The van der Waals surface area contributed by atoms with Gasteiger partial charge in [-0.15, -0.1) is 0 Å². The molecule has 1 N–H and O–H groups in total. The van der Waals surface area contributed by atoms with E-state index >= 15 is 0 Å². The Morgan fingerprint density at radius 3 is 2.94 bits per heavy atom. The van der Waals surface area contributed by atoms with Crippen molar-refractivity contribution < 1.29 is 9.53 Å². The van der Waals surface area contributed by atoms with Crippen LogP contribution in [0.15, 0.2) is 6.33 Å². The van der Waals surface area contributed by atoms with Crippen LogP contribution < -0.4 is 5.32 Å². The highest BCUT2D eigenvalue weighted by Crippen LogP contribution is 2.00. The summed E-state index contributed by atoms with van der Waals surface area (Å²) in [5.74, 6) is 0.715. The van der Waals surface area contributed by atoms with E-state index in [4.69, 9.17) is 4.74 Å². The van der Waals surface area contributed by atoms with Gasteiger partial charge >= 0.3 is 5.97 Å². The summed E-state index contributed by atoms with van der Waals surface area (Å²) in [5.41, 5.74) is 0. The molecule has 0 saturated heterocycles. The number of hydrogen-bond acceptors (Lipinski definition) is 5. The second-order valence-corrected chi connectivity index (χ2v) is 4.13. The third-order valence-corrected chi connectivity index (χ3v) is 2.47. The van der Waals surface area contributed by atoms with Gasteiger partial charge in [0.2, 0.25) is 0 Å². The second kappa shape index (κ2) is 8.63. The lowest BCUT2D eigenvalue weighted by atomic mass is 10.2. The van der Waals surface area contributed by atoms with Crippen molar-refractivity contribution in [1.29, 1.82) is 0 Å². The summed E-state index contributed by atoms with van der Waals surface area (Å²) in [6.45, 7) is 3.91. The number of rotatable bonds is 9. The van der Waals surface area contributed by atoms with Crippen LogP contribution in [0.25, 0.3) is 0 Å². The Labute approximate surface area is 108 Å². The van der Waals surface area contributed by atoms with Crippen LogP contribution in [0.1, 0.15) is 38.4 Å². The monoisotopic (exact) mass is 254 g/mol. The molecule has 0 aromatic carbocycles. The summed E-state index contributed by atoms with van der Waals surface area (Å²) in [6.07, 6.45) is 5.18. The number of nitrogens with zero attached hydrogens (tertiary/aromatic N) is 3. The summed E-state index contributed by atoms with van der Waals surface area (Å²) >= 11 is 0. The molecule has 0 radical (unpaired) electrons. The Hall–Kier alpha value is -1.43. The molecule has 18 heavy (non-hydrogen) atoms. The minimum atomic E-state index is -0.0943.